The Bertz CT molecular complexity index is 1200. The van der Waals surface area contributed by atoms with Crippen LogP contribution in [0.3, 0.4) is 0 Å². The Kier molecular flexibility index (Phi) is 5.18. The normalized spacial score (nSPS) is 15.2. The van der Waals surface area contributed by atoms with Crippen LogP contribution in [0.2, 0.25) is 5.02 Å². The molecule has 1 aliphatic heterocycles. The number of imide groups is 1. The molecule has 0 radical (unpaired) electrons. The van der Waals surface area contributed by atoms with E-state index in [1.807, 2.05) is 49.6 Å². The zero-order valence-corrected chi connectivity index (χ0v) is 17.7. The minimum atomic E-state index is -0.444. The summed E-state index contributed by atoms with van der Waals surface area (Å²) in [5.41, 5.74) is 4.93. The van der Waals surface area contributed by atoms with Crippen molar-refractivity contribution in [2.75, 3.05) is 0 Å². The maximum Gasteiger partial charge on any atom is 0.329 e. The van der Waals surface area contributed by atoms with Crippen LogP contribution in [-0.4, -0.2) is 26.4 Å². The van der Waals surface area contributed by atoms with Crippen molar-refractivity contribution < 1.29 is 9.59 Å². The topological polar surface area (TPSA) is 67.2 Å². The molecule has 3 aromatic rings. The molecule has 7 heteroatoms. The van der Waals surface area contributed by atoms with Crippen LogP contribution in [0, 0.1) is 20.8 Å². The maximum absolute atomic E-state index is 12.8. The summed E-state index contributed by atoms with van der Waals surface area (Å²) in [4.78, 5) is 30.9. The van der Waals surface area contributed by atoms with Crippen molar-refractivity contribution in [3.8, 4) is 5.82 Å². The highest BCUT2D eigenvalue weighted by Crippen LogP contribution is 2.24. The van der Waals surface area contributed by atoms with Crippen molar-refractivity contribution >= 4 is 29.6 Å². The Labute approximate surface area is 179 Å². The van der Waals surface area contributed by atoms with E-state index >= 15 is 0 Å². The van der Waals surface area contributed by atoms with Crippen molar-refractivity contribution in [3.63, 3.8) is 0 Å². The van der Waals surface area contributed by atoms with Crippen LogP contribution in [0.15, 0.2) is 54.4 Å². The molecule has 0 unspecified atom stereocenters. The molecule has 0 spiro atoms. The molecule has 1 aromatic carbocycles. The lowest BCUT2D eigenvalue weighted by molar-refractivity contribution is -0.123. The molecule has 30 heavy (non-hydrogen) atoms. The van der Waals surface area contributed by atoms with E-state index in [4.69, 9.17) is 11.6 Å². The Hall–Kier alpha value is -3.38. The highest BCUT2D eigenvalue weighted by molar-refractivity contribution is 6.30. The average Bonchev–Trinajstić information content (AvgIpc) is 3.11. The molecule has 1 aliphatic rings. The zero-order chi connectivity index (χ0) is 21.4. The van der Waals surface area contributed by atoms with Gasteiger partial charge >= 0.3 is 6.03 Å². The first-order valence-corrected chi connectivity index (χ1v) is 9.92. The first-order chi connectivity index (χ1) is 14.3. The van der Waals surface area contributed by atoms with E-state index in [1.165, 1.54) is 4.90 Å². The third kappa shape index (κ3) is 3.74. The molecule has 0 aliphatic carbocycles. The number of nitrogens with zero attached hydrogens (tertiary/aromatic N) is 3. The predicted molar refractivity (Wildman–Crippen MR) is 116 cm³/mol. The number of carbonyl (C=O) groups excluding carboxylic acids is 2. The summed E-state index contributed by atoms with van der Waals surface area (Å²) in [7, 11) is 0. The molecule has 3 amide bonds. The number of nitrogens with one attached hydrogen (secondary N) is 1. The SMILES string of the molecule is Cc1ccnc(-n2c(C)cc(/C=C3\NC(=O)N(Cc4cccc(Cl)c4)C3=O)c2C)c1. The summed E-state index contributed by atoms with van der Waals surface area (Å²) in [5.74, 6) is 0.456. The second-order valence-electron chi connectivity index (χ2n) is 7.36. The number of urea groups is 1. The van der Waals surface area contributed by atoms with Crippen LogP contribution >= 0.6 is 11.6 Å². The summed E-state index contributed by atoms with van der Waals surface area (Å²) in [6, 6.07) is 12.6. The van der Waals surface area contributed by atoms with E-state index in [2.05, 4.69) is 10.3 Å². The molecule has 2 aromatic heterocycles. The Balaban J connectivity index is 1.63. The Morgan fingerprint density at radius 2 is 1.90 bits per heavy atom. The van der Waals surface area contributed by atoms with Gasteiger partial charge in [-0.05, 0) is 73.9 Å². The summed E-state index contributed by atoms with van der Waals surface area (Å²) < 4.78 is 2.03. The fraction of sp³-hybridized carbons (Fsp3) is 0.174. The van der Waals surface area contributed by atoms with E-state index in [9.17, 15) is 9.59 Å². The fourth-order valence-electron chi connectivity index (χ4n) is 3.62. The van der Waals surface area contributed by atoms with Gasteiger partial charge in [0.2, 0.25) is 0 Å². The number of hydrogen-bond donors (Lipinski definition) is 1. The monoisotopic (exact) mass is 420 g/mol. The largest absolute Gasteiger partial charge is 0.329 e. The summed E-state index contributed by atoms with van der Waals surface area (Å²) >= 11 is 6.01. The lowest BCUT2D eigenvalue weighted by atomic mass is 10.2. The molecule has 0 bridgehead atoms. The molecular formula is C23H21ClN4O2. The maximum atomic E-state index is 12.8. The van der Waals surface area contributed by atoms with Crippen LogP contribution in [0.5, 0.6) is 0 Å². The lowest BCUT2D eigenvalue weighted by Crippen LogP contribution is -2.30. The van der Waals surface area contributed by atoms with Crippen LogP contribution in [0.4, 0.5) is 4.79 Å². The van der Waals surface area contributed by atoms with Gasteiger partial charge in [0.15, 0.2) is 0 Å². The van der Waals surface area contributed by atoms with Crippen LogP contribution in [-0.2, 0) is 11.3 Å². The van der Waals surface area contributed by atoms with Crippen molar-refractivity contribution in [1.29, 1.82) is 0 Å². The van der Waals surface area contributed by atoms with Crippen molar-refractivity contribution in [1.82, 2.24) is 19.8 Å². The predicted octanol–water partition coefficient (Wildman–Crippen LogP) is 4.54. The number of halogens is 1. The highest BCUT2D eigenvalue weighted by atomic mass is 35.5. The molecule has 152 valence electrons. The number of amides is 3. The molecule has 6 nitrogen and oxygen atoms in total. The van der Waals surface area contributed by atoms with Gasteiger partial charge in [-0.1, -0.05) is 23.7 Å². The first-order valence-electron chi connectivity index (χ1n) is 9.54. The van der Waals surface area contributed by atoms with Gasteiger partial charge in [-0.15, -0.1) is 0 Å². The van der Waals surface area contributed by atoms with E-state index in [0.717, 1.165) is 33.9 Å². The summed E-state index contributed by atoms with van der Waals surface area (Å²) in [6.45, 7) is 6.13. The number of aryl methyl sites for hydroxylation is 2. The number of rotatable bonds is 4. The van der Waals surface area contributed by atoms with E-state index in [-0.39, 0.29) is 18.1 Å². The van der Waals surface area contributed by atoms with Gasteiger partial charge in [0.05, 0.1) is 6.54 Å². The molecule has 3 heterocycles. The third-order valence-corrected chi connectivity index (χ3v) is 5.33. The fourth-order valence-corrected chi connectivity index (χ4v) is 3.83. The smallest absolute Gasteiger partial charge is 0.303 e. The highest BCUT2D eigenvalue weighted by Gasteiger charge is 2.33. The van der Waals surface area contributed by atoms with E-state index < -0.39 is 6.03 Å². The molecule has 4 rings (SSSR count). The summed E-state index contributed by atoms with van der Waals surface area (Å²) in [6.07, 6.45) is 3.49. The van der Waals surface area contributed by atoms with Crippen LogP contribution in [0.25, 0.3) is 11.9 Å². The Morgan fingerprint density at radius 1 is 1.10 bits per heavy atom. The van der Waals surface area contributed by atoms with E-state index in [1.54, 1.807) is 30.5 Å². The molecule has 1 saturated heterocycles. The zero-order valence-electron chi connectivity index (χ0n) is 16.9. The van der Waals surface area contributed by atoms with Crippen molar-refractivity contribution in [2.24, 2.45) is 0 Å². The summed E-state index contributed by atoms with van der Waals surface area (Å²) in [5, 5.41) is 3.25. The minimum Gasteiger partial charge on any atom is -0.303 e. The lowest BCUT2D eigenvalue weighted by Gasteiger charge is -2.11. The molecule has 0 atom stereocenters. The van der Waals surface area contributed by atoms with Gasteiger partial charge in [0, 0.05) is 22.6 Å². The number of aromatic nitrogens is 2. The Morgan fingerprint density at radius 3 is 2.63 bits per heavy atom. The molecular weight excluding hydrogens is 400 g/mol. The standard InChI is InChI=1S/C23H21ClN4O2/c1-14-7-8-25-21(9-14)28-15(2)10-18(16(28)3)12-20-22(29)27(23(30)26-20)13-17-5-4-6-19(24)11-17/h4-12H,13H2,1-3H3,(H,26,30)/b20-12-. The second kappa shape index (κ2) is 7.80. The van der Waals surface area contributed by atoms with Gasteiger partial charge in [0.1, 0.15) is 11.5 Å². The van der Waals surface area contributed by atoms with Crippen molar-refractivity contribution in [3.05, 3.63) is 87.5 Å². The van der Waals surface area contributed by atoms with Crippen LogP contribution < -0.4 is 5.32 Å². The number of carbonyl (C=O) groups is 2. The average molecular weight is 421 g/mol. The van der Waals surface area contributed by atoms with Crippen LogP contribution in [0.1, 0.15) is 28.1 Å². The van der Waals surface area contributed by atoms with Gasteiger partial charge < -0.3 is 9.88 Å². The van der Waals surface area contributed by atoms with Gasteiger partial charge in [-0.25, -0.2) is 9.78 Å². The quantitative estimate of drug-likeness (QED) is 0.497. The van der Waals surface area contributed by atoms with Crippen molar-refractivity contribution in [2.45, 2.75) is 27.3 Å². The van der Waals surface area contributed by atoms with E-state index in [0.29, 0.717) is 5.02 Å². The number of pyridine rings is 1. The minimum absolute atomic E-state index is 0.162. The second-order valence-corrected chi connectivity index (χ2v) is 7.80. The van der Waals surface area contributed by atoms with Gasteiger partial charge in [0.25, 0.3) is 5.91 Å². The van der Waals surface area contributed by atoms with Gasteiger partial charge in [-0.2, -0.15) is 0 Å². The third-order valence-electron chi connectivity index (χ3n) is 5.09. The number of hydrogen-bond acceptors (Lipinski definition) is 3. The molecule has 1 N–H and O–H groups in total. The molecule has 1 fully saturated rings. The first kappa shape index (κ1) is 19.9. The molecule has 0 saturated carbocycles. The van der Waals surface area contributed by atoms with Gasteiger partial charge in [-0.3, -0.25) is 9.69 Å². The number of benzene rings is 1.